The standard InChI is InChI=1S/C11H12BrNO2/c12-8-1-2-9-10(15-6-14-9)7(8)5-11(13)3-4-11/h1-2H,3-6,13H2. The zero-order chi connectivity index (χ0) is 10.5. The van der Waals surface area contributed by atoms with Crippen LogP contribution < -0.4 is 15.2 Å². The highest BCUT2D eigenvalue weighted by atomic mass is 79.9. The van der Waals surface area contributed by atoms with Crippen LogP contribution in [-0.4, -0.2) is 12.3 Å². The van der Waals surface area contributed by atoms with Crippen molar-refractivity contribution in [2.24, 2.45) is 5.73 Å². The highest BCUT2D eigenvalue weighted by Crippen LogP contribution is 2.45. The summed E-state index contributed by atoms with van der Waals surface area (Å²) in [6.45, 7) is 0.316. The van der Waals surface area contributed by atoms with Gasteiger partial charge in [0.05, 0.1) is 0 Å². The van der Waals surface area contributed by atoms with Crippen molar-refractivity contribution in [1.29, 1.82) is 0 Å². The fourth-order valence-corrected chi connectivity index (χ4v) is 2.31. The van der Waals surface area contributed by atoms with E-state index in [2.05, 4.69) is 15.9 Å². The van der Waals surface area contributed by atoms with E-state index in [0.717, 1.165) is 40.8 Å². The molecule has 1 heterocycles. The van der Waals surface area contributed by atoms with Crippen LogP contribution in [0.5, 0.6) is 11.5 Å². The van der Waals surface area contributed by atoms with Crippen LogP contribution in [0.1, 0.15) is 18.4 Å². The third-order valence-electron chi connectivity index (χ3n) is 3.01. The molecular weight excluding hydrogens is 258 g/mol. The molecule has 0 atom stereocenters. The molecule has 2 N–H and O–H groups in total. The zero-order valence-electron chi connectivity index (χ0n) is 8.25. The SMILES string of the molecule is NC1(Cc2c(Br)ccc3c2OCO3)CC1. The van der Waals surface area contributed by atoms with Gasteiger partial charge in [0.2, 0.25) is 6.79 Å². The van der Waals surface area contributed by atoms with Crippen LogP contribution in [0.4, 0.5) is 0 Å². The van der Waals surface area contributed by atoms with Crippen molar-refractivity contribution in [2.75, 3.05) is 6.79 Å². The quantitative estimate of drug-likeness (QED) is 0.896. The molecule has 3 nitrogen and oxygen atoms in total. The Labute approximate surface area is 96.7 Å². The number of fused-ring (bicyclic) bond motifs is 1. The van der Waals surface area contributed by atoms with E-state index >= 15 is 0 Å². The predicted molar refractivity (Wildman–Crippen MR) is 60.1 cm³/mol. The fourth-order valence-electron chi connectivity index (χ4n) is 1.86. The summed E-state index contributed by atoms with van der Waals surface area (Å²) in [6.07, 6.45) is 3.06. The van der Waals surface area contributed by atoms with Gasteiger partial charge in [0, 0.05) is 15.6 Å². The van der Waals surface area contributed by atoms with Gasteiger partial charge in [-0.3, -0.25) is 0 Å². The predicted octanol–water partition coefficient (Wildman–Crippen LogP) is 2.21. The van der Waals surface area contributed by atoms with Gasteiger partial charge < -0.3 is 15.2 Å². The van der Waals surface area contributed by atoms with Crippen LogP contribution >= 0.6 is 15.9 Å². The van der Waals surface area contributed by atoms with Crippen LogP contribution in [-0.2, 0) is 6.42 Å². The largest absolute Gasteiger partial charge is 0.454 e. The van der Waals surface area contributed by atoms with Crippen molar-refractivity contribution in [1.82, 2.24) is 0 Å². The molecule has 0 unspecified atom stereocenters. The molecule has 3 rings (SSSR count). The molecule has 15 heavy (non-hydrogen) atoms. The molecule has 4 heteroatoms. The van der Waals surface area contributed by atoms with Crippen LogP contribution in [0, 0.1) is 0 Å². The van der Waals surface area contributed by atoms with Gasteiger partial charge in [-0.2, -0.15) is 0 Å². The average molecular weight is 270 g/mol. The van der Waals surface area contributed by atoms with Crippen LogP contribution in [0.25, 0.3) is 0 Å². The molecule has 1 aliphatic heterocycles. The molecule has 2 aliphatic rings. The van der Waals surface area contributed by atoms with Gasteiger partial charge in [0.1, 0.15) is 0 Å². The monoisotopic (exact) mass is 269 g/mol. The van der Waals surface area contributed by atoms with Crippen molar-refractivity contribution in [3.05, 3.63) is 22.2 Å². The summed E-state index contributed by atoms with van der Waals surface area (Å²) in [4.78, 5) is 0. The summed E-state index contributed by atoms with van der Waals surface area (Å²) in [6, 6.07) is 3.92. The Morgan fingerprint density at radius 3 is 2.87 bits per heavy atom. The molecule has 1 aromatic rings. The second-order valence-corrected chi connectivity index (χ2v) is 5.15. The van der Waals surface area contributed by atoms with E-state index in [1.165, 1.54) is 0 Å². The molecule has 0 radical (unpaired) electrons. The number of ether oxygens (including phenoxy) is 2. The molecule has 1 fully saturated rings. The first-order valence-electron chi connectivity index (χ1n) is 5.04. The van der Waals surface area contributed by atoms with E-state index in [1.807, 2.05) is 12.1 Å². The minimum absolute atomic E-state index is 0.0103. The lowest BCUT2D eigenvalue weighted by Crippen LogP contribution is -2.24. The maximum Gasteiger partial charge on any atom is 0.231 e. The number of halogens is 1. The van der Waals surface area contributed by atoms with Gasteiger partial charge in [0.15, 0.2) is 11.5 Å². The Hall–Kier alpha value is -0.740. The first kappa shape index (κ1) is 9.48. The van der Waals surface area contributed by atoms with Gasteiger partial charge in [-0.15, -0.1) is 0 Å². The van der Waals surface area contributed by atoms with Crippen molar-refractivity contribution in [3.63, 3.8) is 0 Å². The lowest BCUT2D eigenvalue weighted by Gasteiger charge is -2.12. The second kappa shape index (κ2) is 3.12. The van der Waals surface area contributed by atoms with E-state index < -0.39 is 0 Å². The average Bonchev–Trinajstić information content (AvgIpc) is 2.78. The molecule has 80 valence electrons. The van der Waals surface area contributed by atoms with Gasteiger partial charge in [-0.05, 0) is 31.4 Å². The fraction of sp³-hybridized carbons (Fsp3) is 0.455. The Morgan fingerprint density at radius 2 is 2.13 bits per heavy atom. The Kier molecular flexibility index (Phi) is 1.97. The summed E-state index contributed by atoms with van der Waals surface area (Å²) in [5, 5.41) is 0. The van der Waals surface area contributed by atoms with E-state index in [-0.39, 0.29) is 5.54 Å². The smallest absolute Gasteiger partial charge is 0.231 e. The number of hydrogen-bond acceptors (Lipinski definition) is 3. The molecule has 0 aromatic heterocycles. The molecular formula is C11H12BrNO2. The highest BCUT2D eigenvalue weighted by Gasteiger charge is 2.40. The molecule has 0 spiro atoms. The third kappa shape index (κ3) is 1.62. The van der Waals surface area contributed by atoms with Crippen molar-refractivity contribution in [3.8, 4) is 11.5 Å². The van der Waals surface area contributed by atoms with Gasteiger partial charge in [-0.1, -0.05) is 15.9 Å². The lowest BCUT2D eigenvalue weighted by atomic mass is 10.0. The Bertz CT molecular complexity index is 415. The van der Waals surface area contributed by atoms with Crippen molar-refractivity contribution < 1.29 is 9.47 Å². The third-order valence-corrected chi connectivity index (χ3v) is 3.75. The molecule has 0 saturated heterocycles. The highest BCUT2D eigenvalue weighted by molar-refractivity contribution is 9.10. The number of rotatable bonds is 2. The number of benzene rings is 1. The van der Waals surface area contributed by atoms with E-state index in [4.69, 9.17) is 15.2 Å². The molecule has 0 bridgehead atoms. The van der Waals surface area contributed by atoms with Crippen molar-refractivity contribution >= 4 is 15.9 Å². The summed E-state index contributed by atoms with van der Waals surface area (Å²) in [5.74, 6) is 1.69. The summed E-state index contributed by atoms with van der Waals surface area (Å²) in [7, 11) is 0. The second-order valence-electron chi connectivity index (χ2n) is 4.30. The Morgan fingerprint density at radius 1 is 1.33 bits per heavy atom. The number of nitrogens with two attached hydrogens (primary N) is 1. The summed E-state index contributed by atoms with van der Waals surface area (Å²) in [5.41, 5.74) is 7.26. The maximum absolute atomic E-state index is 6.12. The van der Waals surface area contributed by atoms with E-state index in [1.54, 1.807) is 0 Å². The zero-order valence-corrected chi connectivity index (χ0v) is 9.84. The normalized spacial score (nSPS) is 20.4. The number of hydrogen-bond donors (Lipinski definition) is 1. The molecule has 1 saturated carbocycles. The minimum atomic E-state index is -0.0103. The van der Waals surface area contributed by atoms with Gasteiger partial charge in [0.25, 0.3) is 0 Å². The van der Waals surface area contributed by atoms with Gasteiger partial charge in [-0.25, -0.2) is 0 Å². The van der Waals surface area contributed by atoms with Crippen molar-refractivity contribution in [2.45, 2.75) is 24.8 Å². The summed E-state index contributed by atoms with van der Waals surface area (Å²) >= 11 is 3.54. The van der Waals surface area contributed by atoms with E-state index in [0.29, 0.717) is 6.79 Å². The Balaban J connectivity index is 2.01. The van der Waals surface area contributed by atoms with Gasteiger partial charge >= 0.3 is 0 Å². The molecule has 0 amide bonds. The molecule has 1 aromatic carbocycles. The first-order chi connectivity index (χ1) is 7.18. The minimum Gasteiger partial charge on any atom is -0.454 e. The topological polar surface area (TPSA) is 44.5 Å². The van der Waals surface area contributed by atoms with Crippen LogP contribution in [0.2, 0.25) is 0 Å². The lowest BCUT2D eigenvalue weighted by molar-refractivity contribution is 0.173. The first-order valence-corrected chi connectivity index (χ1v) is 5.83. The maximum atomic E-state index is 6.12. The van der Waals surface area contributed by atoms with Crippen LogP contribution in [0.3, 0.4) is 0 Å². The molecule has 1 aliphatic carbocycles. The van der Waals surface area contributed by atoms with E-state index in [9.17, 15) is 0 Å². The summed E-state index contributed by atoms with van der Waals surface area (Å²) < 4.78 is 11.9. The van der Waals surface area contributed by atoms with Crippen LogP contribution in [0.15, 0.2) is 16.6 Å².